The monoisotopic (exact) mass is 342 g/mol. The molecule has 1 saturated carbocycles. The zero-order chi connectivity index (χ0) is 17.1. The van der Waals surface area contributed by atoms with E-state index in [1.807, 2.05) is 0 Å². The fourth-order valence-corrected chi connectivity index (χ4v) is 4.81. The molecule has 136 valence electrons. The van der Waals surface area contributed by atoms with Gasteiger partial charge in [0.1, 0.15) is 0 Å². The van der Waals surface area contributed by atoms with Crippen LogP contribution in [0.3, 0.4) is 0 Å². The minimum Gasteiger partial charge on any atom is -0.375 e. The van der Waals surface area contributed by atoms with E-state index in [2.05, 4.69) is 40.1 Å². The van der Waals surface area contributed by atoms with Gasteiger partial charge >= 0.3 is 0 Å². The molecule has 25 heavy (non-hydrogen) atoms. The van der Waals surface area contributed by atoms with Crippen molar-refractivity contribution in [1.29, 1.82) is 0 Å². The Kier molecular flexibility index (Phi) is 5.37. The number of morpholine rings is 1. The third-order valence-corrected chi connectivity index (χ3v) is 6.27. The number of carbonyl (C=O) groups excluding carboxylic acids is 1. The number of nitrogens with zero attached hydrogens (tertiary/aromatic N) is 2. The van der Waals surface area contributed by atoms with E-state index in [0.717, 1.165) is 45.5 Å². The standard InChI is InChI=1S/C21H30N2O2/c24-21(16-23-13-14-25-20-8-4-7-19(20)23)22-11-9-18(10-12-22)15-17-5-2-1-3-6-17/h1-3,5-6,18-20H,4,7-16H2/t19-,20+/m0/s1. The lowest BCUT2D eigenvalue weighted by Gasteiger charge is -2.39. The number of likely N-dealkylation sites (tertiary alicyclic amines) is 1. The summed E-state index contributed by atoms with van der Waals surface area (Å²) in [5, 5.41) is 0. The first-order chi connectivity index (χ1) is 12.3. The van der Waals surface area contributed by atoms with Gasteiger partial charge in [-0.1, -0.05) is 30.3 Å². The third kappa shape index (κ3) is 4.06. The normalized spacial score (nSPS) is 28.1. The zero-order valence-corrected chi connectivity index (χ0v) is 15.1. The smallest absolute Gasteiger partial charge is 0.236 e. The van der Waals surface area contributed by atoms with Gasteiger partial charge in [0.15, 0.2) is 0 Å². The van der Waals surface area contributed by atoms with E-state index in [-0.39, 0.29) is 0 Å². The van der Waals surface area contributed by atoms with E-state index in [1.165, 1.54) is 24.8 Å². The maximum absolute atomic E-state index is 12.8. The first-order valence-electron chi connectivity index (χ1n) is 9.97. The van der Waals surface area contributed by atoms with Crippen LogP contribution in [0, 0.1) is 5.92 Å². The molecule has 0 bridgehead atoms. The molecule has 0 spiro atoms. The van der Waals surface area contributed by atoms with Crippen LogP contribution in [0.15, 0.2) is 30.3 Å². The number of carbonyl (C=O) groups is 1. The summed E-state index contributed by atoms with van der Waals surface area (Å²) in [6.07, 6.45) is 7.39. The highest BCUT2D eigenvalue weighted by Crippen LogP contribution is 2.30. The van der Waals surface area contributed by atoms with Crippen LogP contribution in [-0.2, 0) is 16.0 Å². The minimum absolute atomic E-state index is 0.325. The number of benzene rings is 1. The summed E-state index contributed by atoms with van der Waals surface area (Å²) >= 11 is 0. The molecule has 0 aromatic heterocycles. The van der Waals surface area contributed by atoms with Gasteiger partial charge in [-0.2, -0.15) is 0 Å². The molecule has 1 amide bonds. The summed E-state index contributed by atoms with van der Waals surface area (Å²) < 4.78 is 5.86. The molecule has 2 heterocycles. The van der Waals surface area contributed by atoms with Crippen LogP contribution in [0.4, 0.5) is 0 Å². The van der Waals surface area contributed by atoms with Gasteiger partial charge in [-0.3, -0.25) is 9.69 Å². The largest absolute Gasteiger partial charge is 0.375 e. The van der Waals surface area contributed by atoms with Crippen LogP contribution in [-0.4, -0.2) is 60.6 Å². The highest BCUT2D eigenvalue weighted by Gasteiger charge is 2.37. The zero-order valence-electron chi connectivity index (χ0n) is 15.1. The van der Waals surface area contributed by atoms with Gasteiger partial charge in [0.05, 0.1) is 19.3 Å². The van der Waals surface area contributed by atoms with E-state index in [9.17, 15) is 4.79 Å². The number of ether oxygens (including phenoxy) is 1. The van der Waals surface area contributed by atoms with E-state index < -0.39 is 0 Å². The molecule has 4 nitrogen and oxygen atoms in total. The third-order valence-electron chi connectivity index (χ3n) is 6.27. The lowest BCUT2D eigenvalue weighted by atomic mass is 9.90. The van der Waals surface area contributed by atoms with Crippen molar-refractivity contribution in [2.75, 3.05) is 32.8 Å². The van der Waals surface area contributed by atoms with Crippen molar-refractivity contribution in [1.82, 2.24) is 9.80 Å². The van der Waals surface area contributed by atoms with Gasteiger partial charge in [-0.25, -0.2) is 0 Å². The fourth-order valence-electron chi connectivity index (χ4n) is 4.81. The first kappa shape index (κ1) is 17.0. The van der Waals surface area contributed by atoms with Gasteiger partial charge in [0.2, 0.25) is 5.91 Å². The summed E-state index contributed by atoms with van der Waals surface area (Å²) in [5.41, 5.74) is 1.42. The van der Waals surface area contributed by atoms with E-state index in [1.54, 1.807) is 0 Å². The molecule has 3 fully saturated rings. The number of amides is 1. The second-order valence-corrected chi connectivity index (χ2v) is 7.89. The molecular formula is C21H30N2O2. The molecule has 1 aromatic rings. The second-order valence-electron chi connectivity index (χ2n) is 7.89. The van der Waals surface area contributed by atoms with Gasteiger partial charge in [-0.15, -0.1) is 0 Å². The van der Waals surface area contributed by atoms with Crippen molar-refractivity contribution < 1.29 is 9.53 Å². The molecular weight excluding hydrogens is 312 g/mol. The van der Waals surface area contributed by atoms with Crippen molar-refractivity contribution in [2.45, 2.75) is 50.7 Å². The van der Waals surface area contributed by atoms with Gasteiger partial charge < -0.3 is 9.64 Å². The summed E-state index contributed by atoms with van der Waals surface area (Å²) in [5.74, 6) is 1.04. The first-order valence-corrected chi connectivity index (χ1v) is 9.97. The Hall–Kier alpha value is -1.39. The average molecular weight is 342 g/mol. The van der Waals surface area contributed by atoms with Gasteiger partial charge in [-0.05, 0) is 50.0 Å². The van der Waals surface area contributed by atoms with Crippen molar-refractivity contribution in [3.05, 3.63) is 35.9 Å². The van der Waals surface area contributed by atoms with Crippen LogP contribution in [0.1, 0.15) is 37.7 Å². The predicted octanol–water partition coefficient (Wildman–Crippen LogP) is 2.72. The quantitative estimate of drug-likeness (QED) is 0.843. The number of hydrogen-bond acceptors (Lipinski definition) is 3. The molecule has 0 radical (unpaired) electrons. The van der Waals surface area contributed by atoms with Crippen molar-refractivity contribution >= 4 is 5.91 Å². The Morgan fingerprint density at radius 1 is 1.04 bits per heavy atom. The molecule has 1 aromatic carbocycles. The molecule has 4 rings (SSSR count). The molecule has 2 atom stereocenters. The van der Waals surface area contributed by atoms with Crippen LogP contribution in [0.5, 0.6) is 0 Å². The van der Waals surface area contributed by atoms with Crippen molar-refractivity contribution in [2.24, 2.45) is 5.92 Å². The molecule has 0 unspecified atom stereocenters. The summed E-state index contributed by atoms with van der Waals surface area (Å²) in [6, 6.07) is 11.2. The maximum Gasteiger partial charge on any atom is 0.236 e. The molecule has 3 aliphatic rings. The predicted molar refractivity (Wildman–Crippen MR) is 98.4 cm³/mol. The fraction of sp³-hybridized carbons (Fsp3) is 0.667. The SMILES string of the molecule is O=C(CN1CCO[C@@H]2CCC[C@@H]21)N1CCC(Cc2ccccc2)CC1. The average Bonchev–Trinajstić information content (AvgIpc) is 3.13. The molecule has 2 aliphatic heterocycles. The van der Waals surface area contributed by atoms with Gasteiger partial charge in [0.25, 0.3) is 0 Å². The number of hydrogen-bond donors (Lipinski definition) is 0. The van der Waals surface area contributed by atoms with E-state index in [0.29, 0.717) is 30.5 Å². The Balaban J connectivity index is 1.25. The molecule has 4 heteroatoms. The number of piperidine rings is 1. The Bertz CT molecular complexity index is 569. The second kappa shape index (κ2) is 7.88. The molecule has 1 aliphatic carbocycles. The van der Waals surface area contributed by atoms with E-state index >= 15 is 0 Å². The topological polar surface area (TPSA) is 32.8 Å². The highest BCUT2D eigenvalue weighted by molar-refractivity contribution is 5.78. The Morgan fingerprint density at radius 3 is 2.64 bits per heavy atom. The summed E-state index contributed by atoms with van der Waals surface area (Å²) in [4.78, 5) is 17.2. The minimum atomic E-state index is 0.325. The Labute approximate surface area is 151 Å². The van der Waals surface area contributed by atoms with Crippen LogP contribution >= 0.6 is 0 Å². The lowest BCUT2D eigenvalue weighted by Crippen LogP contribution is -2.53. The number of rotatable bonds is 4. The highest BCUT2D eigenvalue weighted by atomic mass is 16.5. The van der Waals surface area contributed by atoms with Crippen LogP contribution in [0.25, 0.3) is 0 Å². The van der Waals surface area contributed by atoms with Crippen molar-refractivity contribution in [3.63, 3.8) is 0 Å². The lowest BCUT2D eigenvalue weighted by molar-refractivity contribution is -0.137. The van der Waals surface area contributed by atoms with Gasteiger partial charge in [0, 0.05) is 25.7 Å². The van der Waals surface area contributed by atoms with Crippen LogP contribution < -0.4 is 0 Å². The maximum atomic E-state index is 12.8. The summed E-state index contributed by atoms with van der Waals surface area (Å²) in [6.45, 7) is 4.14. The van der Waals surface area contributed by atoms with Crippen LogP contribution in [0.2, 0.25) is 0 Å². The summed E-state index contributed by atoms with van der Waals surface area (Å²) in [7, 11) is 0. The molecule has 0 N–H and O–H groups in total. The van der Waals surface area contributed by atoms with E-state index in [4.69, 9.17) is 4.74 Å². The number of fused-ring (bicyclic) bond motifs is 1. The molecule has 2 saturated heterocycles. The Morgan fingerprint density at radius 2 is 1.84 bits per heavy atom. The van der Waals surface area contributed by atoms with Crippen molar-refractivity contribution in [3.8, 4) is 0 Å².